The molecule has 27 heavy (non-hydrogen) atoms. The average molecular weight is 376 g/mol. The van der Waals surface area contributed by atoms with Crippen molar-refractivity contribution in [3.8, 4) is 0 Å². The molecule has 2 N–H and O–H groups in total. The first kappa shape index (κ1) is 20.7. The van der Waals surface area contributed by atoms with Crippen molar-refractivity contribution < 1.29 is 19.1 Å². The Hall–Kier alpha value is -2.64. The van der Waals surface area contributed by atoms with Crippen molar-refractivity contribution in [2.24, 2.45) is 0 Å². The number of amides is 3. The van der Waals surface area contributed by atoms with Gasteiger partial charge < -0.3 is 20.3 Å². The summed E-state index contributed by atoms with van der Waals surface area (Å²) in [6.07, 6.45) is 1.80. The maximum absolute atomic E-state index is 12.5. The van der Waals surface area contributed by atoms with E-state index in [9.17, 15) is 14.4 Å². The van der Waals surface area contributed by atoms with E-state index >= 15 is 0 Å². The highest BCUT2D eigenvalue weighted by Crippen LogP contribution is 2.12. The first-order chi connectivity index (χ1) is 12.9. The summed E-state index contributed by atoms with van der Waals surface area (Å²) in [5, 5.41) is 5.77. The van der Waals surface area contributed by atoms with E-state index in [0.717, 1.165) is 6.42 Å². The number of nitrogens with zero attached hydrogens (tertiary/aromatic N) is 2. The number of likely N-dealkylation sites (tertiary alicyclic amines) is 1. The van der Waals surface area contributed by atoms with Crippen molar-refractivity contribution in [2.75, 3.05) is 19.7 Å². The third-order valence-electron chi connectivity index (χ3n) is 4.56. The summed E-state index contributed by atoms with van der Waals surface area (Å²) in [5.74, 6) is -0.607. The third-order valence-corrected chi connectivity index (χ3v) is 4.56. The lowest BCUT2D eigenvalue weighted by atomic mass is 10.1. The Bertz CT molecular complexity index is 671. The standard InChI is InChI=1S/C19H28N4O4/c1-4-13(3)20-17(24)15-7-6-8-16(22-15)18(25)21-14-9-11-23(12-10-14)19(26)27-5-2/h6-8,13-14H,4-5,9-12H2,1-3H3,(H,20,24)(H,21,25). The van der Waals surface area contributed by atoms with Gasteiger partial charge in [0, 0.05) is 25.2 Å². The highest BCUT2D eigenvalue weighted by molar-refractivity contribution is 5.96. The molecule has 0 aromatic carbocycles. The molecule has 1 aliphatic heterocycles. The third kappa shape index (κ3) is 5.94. The molecule has 1 aromatic heterocycles. The van der Waals surface area contributed by atoms with Crippen molar-refractivity contribution in [3.63, 3.8) is 0 Å². The number of carbonyl (C=O) groups is 3. The van der Waals surface area contributed by atoms with Crippen LogP contribution in [0.1, 0.15) is 61.0 Å². The summed E-state index contributed by atoms with van der Waals surface area (Å²) in [4.78, 5) is 42.2. The summed E-state index contributed by atoms with van der Waals surface area (Å²) < 4.78 is 4.99. The molecule has 1 aromatic rings. The van der Waals surface area contributed by atoms with Gasteiger partial charge in [0.15, 0.2) is 0 Å². The molecule has 1 unspecified atom stereocenters. The number of hydrogen-bond acceptors (Lipinski definition) is 5. The van der Waals surface area contributed by atoms with Gasteiger partial charge in [0.25, 0.3) is 11.8 Å². The molecule has 1 fully saturated rings. The predicted molar refractivity (Wildman–Crippen MR) is 101 cm³/mol. The van der Waals surface area contributed by atoms with Crippen LogP contribution in [0, 0.1) is 0 Å². The Morgan fingerprint density at radius 2 is 1.81 bits per heavy atom. The Balaban J connectivity index is 1.90. The van der Waals surface area contributed by atoms with Gasteiger partial charge in [-0.2, -0.15) is 0 Å². The van der Waals surface area contributed by atoms with Crippen LogP contribution in [0.3, 0.4) is 0 Å². The fraction of sp³-hybridized carbons (Fsp3) is 0.579. The van der Waals surface area contributed by atoms with Crippen LogP contribution in [0.4, 0.5) is 4.79 Å². The molecule has 0 saturated carbocycles. The van der Waals surface area contributed by atoms with Gasteiger partial charge in [0.05, 0.1) is 6.61 Å². The minimum Gasteiger partial charge on any atom is -0.450 e. The monoisotopic (exact) mass is 376 g/mol. The Kier molecular flexibility index (Phi) is 7.57. The zero-order chi connectivity index (χ0) is 19.8. The molecule has 2 heterocycles. The van der Waals surface area contributed by atoms with Crippen molar-refractivity contribution in [3.05, 3.63) is 29.6 Å². The number of hydrogen-bond donors (Lipinski definition) is 2. The number of ether oxygens (including phenoxy) is 1. The molecule has 0 spiro atoms. The molecule has 0 radical (unpaired) electrons. The Labute approximate surface area is 159 Å². The quantitative estimate of drug-likeness (QED) is 0.790. The second-order valence-electron chi connectivity index (χ2n) is 6.62. The molecule has 3 amide bonds. The fourth-order valence-corrected chi connectivity index (χ4v) is 2.77. The number of rotatable bonds is 6. The van der Waals surface area contributed by atoms with Crippen LogP contribution < -0.4 is 10.6 Å². The number of aromatic nitrogens is 1. The van der Waals surface area contributed by atoms with Gasteiger partial charge in [0.1, 0.15) is 11.4 Å². The van der Waals surface area contributed by atoms with Crippen LogP contribution in [-0.2, 0) is 4.74 Å². The SMILES string of the molecule is CCOC(=O)N1CCC(NC(=O)c2cccc(C(=O)NC(C)CC)n2)CC1. The van der Waals surface area contributed by atoms with Gasteiger partial charge in [-0.25, -0.2) is 9.78 Å². The largest absolute Gasteiger partial charge is 0.450 e. The normalized spacial score (nSPS) is 15.7. The highest BCUT2D eigenvalue weighted by Gasteiger charge is 2.25. The zero-order valence-corrected chi connectivity index (χ0v) is 16.2. The van der Waals surface area contributed by atoms with Crippen LogP contribution in [0.5, 0.6) is 0 Å². The molecule has 148 valence electrons. The zero-order valence-electron chi connectivity index (χ0n) is 16.2. The summed E-state index contributed by atoms with van der Waals surface area (Å²) in [6, 6.07) is 4.83. The summed E-state index contributed by atoms with van der Waals surface area (Å²) in [7, 11) is 0. The van der Waals surface area contributed by atoms with Gasteiger partial charge in [0.2, 0.25) is 0 Å². The van der Waals surface area contributed by atoms with Crippen LogP contribution in [0.2, 0.25) is 0 Å². The van der Waals surface area contributed by atoms with E-state index < -0.39 is 0 Å². The first-order valence-corrected chi connectivity index (χ1v) is 9.45. The molecular formula is C19H28N4O4. The number of nitrogens with one attached hydrogen (secondary N) is 2. The van der Waals surface area contributed by atoms with E-state index in [1.165, 1.54) is 0 Å². The topological polar surface area (TPSA) is 101 Å². The molecule has 1 saturated heterocycles. The van der Waals surface area contributed by atoms with Crippen molar-refractivity contribution in [2.45, 2.75) is 52.1 Å². The average Bonchev–Trinajstić information content (AvgIpc) is 2.68. The van der Waals surface area contributed by atoms with Gasteiger partial charge >= 0.3 is 6.09 Å². The van der Waals surface area contributed by atoms with Crippen molar-refractivity contribution in [1.29, 1.82) is 0 Å². The van der Waals surface area contributed by atoms with Crippen LogP contribution in [0.25, 0.3) is 0 Å². The van der Waals surface area contributed by atoms with E-state index in [4.69, 9.17) is 4.74 Å². The number of carbonyl (C=O) groups excluding carboxylic acids is 3. The fourth-order valence-electron chi connectivity index (χ4n) is 2.77. The minimum absolute atomic E-state index is 0.0393. The molecule has 0 bridgehead atoms. The molecule has 0 aliphatic carbocycles. The maximum atomic E-state index is 12.5. The summed E-state index contributed by atoms with van der Waals surface area (Å²) in [5.41, 5.74) is 0.430. The lowest BCUT2D eigenvalue weighted by Crippen LogP contribution is -2.46. The highest BCUT2D eigenvalue weighted by atomic mass is 16.6. The van der Waals surface area contributed by atoms with E-state index in [-0.39, 0.29) is 41.4 Å². The van der Waals surface area contributed by atoms with Crippen LogP contribution in [-0.4, -0.2) is 59.6 Å². The van der Waals surface area contributed by atoms with Crippen LogP contribution >= 0.6 is 0 Å². The summed E-state index contributed by atoms with van der Waals surface area (Å²) in [6.45, 7) is 7.09. The van der Waals surface area contributed by atoms with Crippen molar-refractivity contribution >= 4 is 17.9 Å². The first-order valence-electron chi connectivity index (χ1n) is 9.45. The van der Waals surface area contributed by atoms with Gasteiger partial charge in [-0.3, -0.25) is 9.59 Å². The molecule has 1 atom stereocenters. The van der Waals surface area contributed by atoms with E-state index in [1.807, 2.05) is 13.8 Å². The van der Waals surface area contributed by atoms with Gasteiger partial charge in [-0.1, -0.05) is 13.0 Å². The molecule has 1 aliphatic rings. The molecule has 2 rings (SSSR count). The van der Waals surface area contributed by atoms with Crippen LogP contribution in [0.15, 0.2) is 18.2 Å². The second-order valence-corrected chi connectivity index (χ2v) is 6.62. The summed E-state index contributed by atoms with van der Waals surface area (Å²) >= 11 is 0. The van der Waals surface area contributed by atoms with E-state index in [2.05, 4.69) is 15.6 Å². The van der Waals surface area contributed by atoms with Gasteiger partial charge in [-0.05, 0) is 45.2 Å². The molecule has 8 heteroatoms. The Morgan fingerprint density at radius 3 is 2.41 bits per heavy atom. The van der Waals surface area contributed by atoms with E-state index in [0.29, 0.717) is 32.5 Å². The molecule has 8 nitrogen and oxygen atoms in total. The maximum Gasteiger partial charge on any atom is 0.409 e. The van der Waals surface area contributed by atoms with Crippen molar-refractivity contribution in [1.82, 2.24) is 20.5 Å². The van der Waals surface area contributed by atoms with Gasteiger partial charge in [-0.15, -0.1) is 0 Å². The Morgan fingerprint density at radius 1 is 1.19 bits per heavy atom. The molecular weight excluding hydrogens is 348 g/mol. The lowest BCUT2D eigenvalue weighted by Gasteiger charge is -2.31. The minimum atomic E-state index is -0.317. The van der Waals surface area contributed by atoms with E-state index in [1.54, 1.807) is 30.0 Å². The number of piperidine rings is 1. The smallest absolute Gasteiger partial charge is 0.409 e. The number of pyridine rings is 1. The second kappa shape index (κ2) is 9.89. The lowest BCUT2D eigenvalue weighted by molar-refractivity contribution is 0.0856. The predicted octanol–water partition coefficient (Wildman–Crippen LogP) is 1.96.